The summed E-state index contributed by atoms with van der Waals surface area (Å²) in [6.07, 6.45) is -3.91. The second-order valence-corrected chi connectivity index (χ2v) is 6.93. The largest absolute Gasteiger partial charge is 0.416 e. The molecule has 0 bridgehead atoms. The molecule has 1 aliphatic heterocycles. The molecule has 1 heterocycles. The fourth-order valence-corrected chi connectivity index (χ4v) is 3.38. The third-order valence-corrected chi connectivity index (χ3v) is 5.02. The molecular formula is C21H23F3N2O. The molecule has 0 aliphatic carbocycles. The predicted octanol–water partition coefficient (Wildman–Crippen LogP) is 4.55. The number of halogens is 3. The summed E-state index contributed by atoms with van der Waals surface area (Å²) in [6, 6.07) is 15.3. The molecule has 1 saturated heterocycles. The highest BCUT2D eigenvalue weighted by Gasteiger charge is 2.31. The number of carbonyl (C=O) groups is 1. The number of nitrogens with zero attached hydrogens (tertiary/aromatic N) is 2. The smallest absolute Gasteiger partial charge is 0.368 e. The van der Waals surface area contributed by atoms with Crippen molar-refractivity contribution < 1.29 is 18.0 Å². The first kappa shape index (κ1) is 19.3. The average Bonchev–Trinajstić information content (AvgIpc) is 2.68. The van der Waals surface area contributed by atoms with E-state index in [9.17, 15) is 18.0 Å². The molecule has 1 unspecified atom stereocenters. The molecule has 0 saturated carbocycles. The summed E-state index contributed by atoms with van der Waals surface area (Å²) in [6.45, 7) is 4.15. The fourth-order valence-electron chi connectivity index (χ4n) is 3.38. The Bertz CT molecular complexity index is 768. The van der Waals surface area contributed by atoms with Crippen LogP contribution in [0.15, 0.2) is 54.6 Å². The zero-order chi connectivity index (χ0) is 19.4. The minimum absolute atomic E-state index is 0.0926. The van der Waals surface area contributed by atoms with Gasteiger partial charge in [0.05, 0.1) is 5.56 Å². The Labute approximate surface area is 157 Å². The number of amides is 1. The standard InChI is InChI=1S/C21H23F3N2O/c1-16(17-6-3-2-4-7-17)14-20(27)26-12-10-25(11-13-26)19-9-5-8-18(15-19)21(22,23)24/h2-9,15-16H,10-14H2,1H3. The van der Waals surface area contributed by atoms with Crippen LogP contribution in [0, 0.1) is 0 Å². The summed E-state index contributed by atoms with van der Waals surface area (Å²) in [5.41, 5.74) is 1.04. The molecule has 6 heteroatoms. The van der Waals surface area contributed by atoms with E-state index in [1.807, 2.05) is 47.1 Å². The van der Waals surface area contributed by atoms with Crippen LogP contribution in [0.3, 0.4) is 0 Å². The molecule has 3 nitrogen and oxygen atoms in total. The van der Waals surface area contributed by atoms with Gasteiger partial charge in [0, 0.05) is 38.3 Å². The van der Waals surface area contributed by atoms with E-state index in [0.717, 1.165) is 11.6 Å². The fraction of sp³-hybridized carbons (Fsp3) is 0.381. The van der Waals surface area contributed by atoms with Gasteiger partial charge in [-0.25, -0.2) is 0 Å². The van der Waals surface area contributed by atoms with Crippen molar-refractivity contribution in [1.82, 2.24) is 4.90 Å². The lowest BCUT2D eigenvalue weighted by Gasteiger charge is -2.36. The number of hydrogen-bond acceptors (Lipinski definition) is 2. The Kier molecular flexibility index (Phi) is 5.73. The van der Waals surface area contributed by atoms with Gasteiger partial charge in [-0.15, -0.1) is 0 Å². The lowest BCUT2D eigenvalue weighted by Crippen LogP contribution is -2.49. The summed E-state index contributed by atoms with van der Waals surface area (Å²) >= 11 is 0. The molecule has 144 valence electrons. The SMILES string of the molecule is CC(CC(=O)N1CCN(c2cccc(C(F)(F)F)c2)CC1)c1ccccc1. The maximum atomic E-state index is 12.9. The summed E-state index contributed by atoms with van der Waals surface area (Å²) in [4.78, 5) is 16.3. The van der Waals surface area contributed by atoms with Crippen LogP contribution in [0.2, 0.25) is 0 Å². The topological polar surface area (TPSA) is 23.6 Å². The first-order valence-corrected chi connectivity index (χ1v) is 9.09. The molecule has 3 rings (SSSR count). The quantitative estimate of drug-likeness (QED) is 0.782. The van der Waals surface area contributed by atoms with E-state index in [1.165, 1.54) is 12.1 Å². The van der Waals surface area contributed by atoms with Crippen molar-refractivity contribution in [3.8, 4) is 0 Å². The van der Waals surface area contributed by atoms with E-state index in [4.69, 9.17) is 0 Å². The molecular weight excluding hydrogens is 353 g/mol. The van der Waals surface area contributed by atoms with Gasteiger partial charge in [-0.2, -0.15) is 13.2 Å². The summed E-state index contributed by atoms with van der Waals surface area (Å²) in [5.74, 6) is 0.232. The third-order valence-electron chi connectivity index (χ3n) is 5.02. The van der Waals surface area contributed by atoms with Crippen LogP contribution < -0.4 is 4.90 Å². The molecule has 1 amide bonds. The number of anilines is 1. The zero-order valence-electron chi connectivity index (χ0n) is 15.2. The van der Waals surface area contributed by atoms with E-state index >= 15 is 0 Å². The highest BCUT2D eigenvalue weighted by Crippen LogP contribution is 2.32. The molecule has 1 fully saturated rings. The minimum Gasteiger partial charge on any atom is -0.368 e. The Morgan fingerprint density at radius 1 is 1.00 bits per heavy atom. The van der Waals surface area contributed by atoms with Crippen LogP contribution in [0.4, 0.5) is 18.9 Å². The Morgan fingerprint density at radius 3 is 2.30 bits per heavy atom. The van der Waals surface area contributed by atoms with E-state index in [0.29, 0.717) is 38.3 Å². The second-order valence-electron chi connectivity index (χ2n) is 6.93. The van der Waals surface area contributed by atoms with Crippen LogP contribution in [-0.4, -0.2) is 37.0 Å². The molecule has 27 heavy (non-hydrogen) atoms. The van der Waals surface area contributed by atoms with Gasteiger partial charge in [0.1, 0.15) is 0 Å². The van der Waals surface area contributed by atoms with Crippen molar-refractivity contribution >= 4 is 11.6 Å². The Morgan fingerprint density at radius 2 is 1.67 bits per heavy atom. The van der Waals surface area contributed by atoms with Gasteiger partial charge in [-0.3, -0.25) is 4.79 Å². The molecule has 0 aromatic heterocycles. The molecule has 2 aromatic carbocycles. The predicted molar refractivity (Wildman–Crippen MR) is 99.7 cm³/mol. The van der Waals surface area contributed by atoms with E-state index in [2.05, 4.69) is 0 Å². The lowest BCUT2D eigenvalue weighted by atomic mass is 9.97. The number of benzene rings is 2. The average molecular weight is 376 g/mol. The van der Waals surface area contributed by atoms with E-state index in [1.54, 1.807) is 6.07 Å². The van der Waals surface area contributed by atoms with Crippen molar-refractivity contribution in [2.24, 2.45) is 0 Å². The number of carbonyl (C=O) groups excluding carboxylic acids is 1. The number of hydrogen-bond donors (Lipinski definition) is 0. The number of rotatable bonds is 4. The van der Waals surface area contributed by atoms with Gasteiger partial charge in [-0.1, -0.05) is 43.3 Å². The van der Waals surface area contributed by atoms with Crippen molar-refractivity contribution in [1.29, 1.82) is 0 Å². The number of alkyl halides is 3. The molecule has 0 radical (unpaired) electrons. The molecule has 0 N–H and O–H groups in total. The van der Waals surface area contributed by atoms with Crippen LogP contribution in [0.5, 0.6) is 0 Å². The summed E-state index contributed by atoms with van der Waals surface area (Å²) < 4.78 is 38.7. The monoisotopic (exact) mass is 376 g/mol. The highest BCUT2D eigenvalue weighted by molar-refractivity contribution is 5.77. The van der Waals surface area contributed by atoms with Crippen molar-refractivity contribution in [2.75, 3.05) is 31.1 Å². The minimum atomic E-state index is -4.35. The van der Waals surface area contributed by atoms with Crippen LogP contribution in [0.25, 0.3) is 0 Å². The Hall–Kier alpha value is -2.50. The van der Waals surface area contributed by atoms with Gasteiger partial charge in [0.2, 0.25) is 5.91 Å². The van der Waals surface area contributed by atoms with E-state index in [-0.39, 0.29) is 11.8 Å². The summed E-state index contributed by atoms with van der Waals surface area (Å²) in [5, 5.41) is 0. The van der Waals surface area contributed by atoms with Crippen molar-refractivity contribution in [3.05, 3.63) is 65.7 Å². The molecule has 1 atom stereocenters. The molecule has 1 aliphatic rings. The maximum Gasteiger partial charge on any atom is 0.416 e. The molecule has 2 aromatic rings. The van der Waals surface area contributed by atoms with Gasteiger partial charge in [0.15, 0.2) is 0 Å². The van der Waals surface area contributed by atoms with Crippen LogP contribution >= 0.6 is 0 Å². The third kappa shape index (κ3) is 4.81. The van der Waals surface area contributed by atoms with Crippen molar-refractivity contribution in [3.63, 3.8) is 0 Å². The number of piperazine rings is 1. The van der Waals surface area contributed by atoms with Crippen LogP contribution in [-0.2, 0) is 11.0 Å². The maximum absolute atomic E-state index is 12.9. The first-order chi connectivity index (χ1) is 12.8. The normalized spacial score (nSPS) is 16.3. The van der Waals surface area contributed by atoms with Gasteiger partial charge in [0.25, 0.3) is 0 Å². The van der Waals surface area contributed by atoms with E-state index < -0.39 is 11.7 Å². The van der Waals surface area contributed by atoms with Gasteiger partial charge in [-0.05, 0) is 29.7 Å². The highest BCUT2D eigenvalue weighted by atomic mass is 19.4. The van der Waals surface area contributed by atoms with Crippen molar-refractivity contribution in [2.45, 2.75) is 25.4 Å². The second kappa shape index (κ2) is 8.03. The molecule has 0 spiro atoms. The zero-order valence-corrected chi connectivity index (χ0v) is 15.2. The Balaban J connectivity index is 1.56. The lowest BCUT2D eigenvalue weighted by molar-refractivity contribution is -0.137. The van der Waals surface area contributed by atoms with Gasteiger partial charge < -0.3 is 9.80 Å². The summed E-state index contributed by atoms with van der Waals surface area (Å²) in [7, 11) is 0. The van der Waals surface area contributed by atoms with Crippen LogP contribution in [0.1, 0.15) is 30.4 Å². The van der Waals surface area contributed by atoms with Gasteiger partial charge >= 0.3 is 6.18 Å². The first-order valence-electron chi connectivity index (χ1n) is 9.09.